The van der Waals surface area contributed by atoms with E-state index in [0.29, 0.717) is 5.76 Å². The molecule has 8 heteroatoms. The monoisotopic (exact) mass is 303 g/mol. The lowest BCUT2D eigenvalue weighted by Gasteiger charge is -2.06. The van der Waals surface area contributed by atoms with Gasteiger partial charge in [-0.1, -0.05) is 6.07 Å². The molecule has 2 N–H and O–H groups in total. The van der Waals surface area contributed by atoms with Gasteiger partial charge in [-0.05, 0) is 18.2 Å². The molecule has 1 heterocycles. The fourth-order valence-electron chi connectivity index (χ4n) is 1.68. The van der Waals surface area contributed by atoms with Crippen LogP contribution in [-0.4, -0.2) is 23.3 Å². The number of hydrogen-bond acceptors (Lipinski definition) is 5. The molecule has 2 amide bonds. The number of furan rings is 1. The van der Waals surface area contributed by atoms with Gasteiger partial charge in [-0.2, -0.15) is 0 Å². The molecule has 8 nitrogen and oxygen atoms in total. The van der Waals surface area contributed by atoms with E-state index in [4.69, 9.17) is 4.42 Å². The van der Waals surface area contributed by atoms with Crippen LogP contribution >= 0.6 is 0 Å². The molecule has 0 aliphatic heterocycles. The van der Waals surface area contributed by atoms with E-state index in [1.807, 2.05) is 0 Å². The molecule has 0 fully saturated rings. The SMILES string of the molecule is O=C(CNC(=O)c1cccc([N+](=O)[O-])c1)NCc1ccco1. The van der Waals surface area contributed by atoms with Crippen molar-refractivity contribution in [3.63, 3.8) is 0 Å². The number of carbonyl (C=O) groups is 2. The fourth-order valence-corrected chi connectivity index (χ4v) is 1.68. The average Bonchev–Trinajstić information content (AvgIpc) is 3.04. The van der Waals surface area contributed by atoms with E-state index in [-0.39, 0.29) is 24.3 Å². The Morgan fingerprint density at radius 3 is 2.68 bits per heavy atom. The molecule has 0 saturated carbocycles. The number of nitrogens with one attached hydrogen (secondary N) is 2. The molecule has 0 saturated heterocycles. The maximum absolute atomic E-state index is 11.8. The summed E-state index contributed by atoms with van der Waals surface area (Å²) in [6.45, 7) is -0.0131. The highest BCUT2D eigenvalue weighted by atomic mass is 16.6. The van der Waals surface area contributed by atoms with Crippen LogP contribution in [0.4, 0.5) is 5.69 Å². The second-order valence-electron chi connectivity index (χ2n) is 4.35. The number of amides is 2. The summed E-state index contributed by atoms with van der Waals surface area (Å²) in [6.07, 6.45) is 1.49. The third-order valence-corrected chi connectivity index (χ3v) is 2.77. The van der Waals surface area contributed by atoms with E-state index in [2.05, 4.69) is 10.6 Å². The van der Waals surface area contributed by atoms with Gasteiger partial charge in [0, 0.05) is 17.7 Å². The first-order valence-electron chi connectivity index (χ1n) is 6.38. The minimum atomic E-state index is -0.590. The normalized spacial score (nSPS) is 10.0. The highest BCUT2D eigenvalue weighted by Crippen LogP contribution is 2.12. The van der Waals surface area contributed by atoms with E-state index in [1.165, 1.54) is 24.5 Å². The van der Waals surface area contributed by atoms with E-state index in [0.717, 1.165) is 6.07 Å². The van der Waals surface area contributed by atoms with Gasteiger partial charge in [0.05, 0.1) is 24.3 Å². The van der Waals surface area contributed by atoms with Crippen LogP contribution < -0.4 is 10.6 Å². The molecule has 0 bridgehead atoms. The predicted molar refractivity (Wildman–Crippen MR) is 76.0 cm³/mol. The molecule has 0 unspecified atom stereocenters. The summed E-state index contributed by atoms with van der Waals surface area (Å²) in [4.78, 5) is 33.4. The second-order valence-corrected chi connectivity index (χ2v) is 4.35. The van der Waals surface area contributed by atoms with Gasteiger partial charge >= 0.3 is 0 Å². The van der Waals surface area contributed by atoms with Gasteiger partial charge < -0.3 is 15.1 Å². The molecule has 0 spiro atoms. The van der Waals surface area contributed by atoms with Crippen molar-refractivity contribution in [1.82, 2.24) is 10.6 Å². The molecule has 1 aromatic heterocycles. The van der Waals surface area contributed by atoms with E-state index in [9.17, 15) is 19.7 Å². The number of non-ortho nitro benzene ring substituents is 1. The Kier molecular flexibility index (Phi) is 4.86. The Bertz CT molecular complexity index is 682. The Morgan fingerprint density at radius 2 is 2.00 bits per heavy atom. The maximum atomic E-state index is 11.8. The van der Waals surface area contributed by atoms with Gasteiger partial charge in [0.2, 0.25) is 5.91 Å². The lowest BCUT2D eigenvalue weighted by molar-refractivity contribution is -0.384. The average molecular weight is 303 g/mol. The summed E-state index contributed by atoms with van der Waals surface area (Å²) >= 11 is 0. The third-order valence-electron chi connectivity index (χ3n) is 2.77. The molecular weight excluding hydrogens is 290 g/mol. The van der Waals surface area contributed by atoms with Crippen LogP contribution in [0.5, 0.6) is 0 Å². The van der Waals surface area contributed by atoms with Crippen LogP contribution in [-0.2, 0) is 11.3 Å². The van der Waals surface area contributed by atoms with Crippen molar-refractivity contribution in [3.05, 3.63) is 64.1 Å². The first-order chi connectivity index (χ1) is 10.6. The van der Waals surface area contributed by atoms with Crippen LogP contribution in [0.1, 0.15) is 16.1 Å². The Morgan fingerprint density at radius 1 is 1.18 bits per heavy atom. The molecule has 1 aromatic carbocycles. The Balaban J connectivity index is 1.83. The van der Waals surface area contributed by atoms with Gasteiger partial charge in [-0.25, -0.2) is 0 Å². The number of nitro benzene ring substituents is 1. The van der Waals surface area contributed by atoms with Crippen molar-refractivity contribution >= 4 is 17.5 Å². The maximum Gasteiger partial charge on any atom is 0.270 e. The molecule has 2 aromatic rings. The second kappa shape index (κ2) is 7.02. The highest BCUT2D eigenvalue weighted by Gasteiger charge is 2.12. The van der Waals surface area contributed by atoms with Gasteiger partial charge in [-0.15, -0.1) is 0 Å². The highest BCUT2D eigenvalue weighted by molar-refractivity contribution is 5.96. The molecular formula is C14H13N3O5. The summed E-state index contributed by atoms with van der Waals surface area (Å²) in [7, 11) is 0. The first-order valence-corrected chi connectivity index (χ1v) is 6.38. The van der Waals surface area contributed by atoms with E-state index in [1.54, 1.807) is 12.1 Å². The smallest absolute Gasteiger partial charge is 0.270 e. The van der Waals surface area contributed by atoms with Crippen molar-refractivity contribution in [2.24, 2.45) is 0 Å². The summed E-state index contributed by atoms with van der Waals surface area (Å²) in [5.74, 6) is -0.356. The van der Waals surface area contributed by atoms with Crippen LogP contribution in [0.2, 0.25) is 0 Å². The number of nitro groups is 1. The van der Waals surface area contributed by atoms with Crippen LogP contribution in [0.25, 0.3) is 0 Å². The number of rotatable bonds is 6. The largest absolute Gasteiger partial charge is 0.467 e. The zero-order valence-electron chi connectivity index (χ0n) is 11.4. The minimum absolute atomic E-state index is 0.119. The number of hydrogen-bond donors (Lipinski definition) is 2. The van der Waals surface area contributed by atoms with Crippen molar-refractivity contribution in [1.29, 1.82) is 0 Å². The lowest BCUT2D eigenvalue weighted by Crippen LogP contribution is -2.36. The zero-order chi connectivity index (χ0) is 15.9. The van der Waals surface area contributed by atoms with Crippen molar-refractivity contribution < 1.29 is 18.9 Å². The summed E-state index contributed by atoms with van der Waals surface area (Å²) in [6, 6.07) is 8.68. The minimum Gasteiger partial charge on any atom is -0.467 e. The van der Waals surface area contributed by atoms with Crippen molar-refractivity contribution in [2.45, 2.75) is 6.54 Å². The third kappa shape index (κ3) is 4.17. The Hall–Kier alpha value is -3.16. The molecule has 22 heavy (non-hydrogen) atoms. The molecule has 0 radical (unpaired) electrons. The van der Waals surface area contributed by atoms with Crippen LogP contribution in [0, 0.1) is 10.1 Å². The van der Waals surface area contributed by atoms with Crippen molar-refractivity contribution in [2.75, 3.05) is 6.54 Å². The van der Waals surface area contributed by atoms with Crippen molar-refractivity contribution in [3.8, 4) is 0 Å². The van der Waals surface area contributed by atoms with Crippen LogP contribution in [0.15, 0.2) is 47.1 Å². The molecule has 114 valence electrons. The molecule has 2 rings (SSSR count). The molecule has 0 aliphatic carbocycles. The topological polar surface area (TPSA) is 114 Å². The summed E-state index contributed by atoms with van der Waals surface area (Å²) in [5, 5.41) is 15.6. The molecule has 0 aliphatic rings. The molecule has 0 atom stereocenters. The Labute approximate surface area is 125 Å². The number of carbonyl (C=O) groups excluding carboxylic acids is 2. The standard InChI is InChI=1S/C14H13N3O5/c18-13(15-8-12-5-2-6-22-12)9-16-14(19)10-3-1-4-11(7-10)17(20)21/h1-7H,8-9H2,(H,15,18)(H,16,19). The summed E-state index contributed by atoms with van der Waals surface area (Å²) in [5.41, 5.74) is -0.0667. The van der Waals surface area contributed by atoms with E-state index < -0.39 is 16.7 Å². The fraction of sp³-hybridized carbons (Fsp3) is 0.143. The number of nitrogens with zero attached hydrogens (tertiary/aromatic N) is 1. The van der Waals surface area contributed by atoms with Crippen LogP contribution in [0.3, 0.4) is 0 Å². The van der Waals surface area contributed by atoms with Gasteiger partial charge in [0.25, 0.3) is 11.6 Å². The summed E-state index contributed by atoms with van der Waals surface area (Å²) < 4.78 is 5.05. The quantitative estimate of drug-likeness (QED) is 0.615. The van der Waals surface area contributed by atoms with E-state index >= 15 is 0 Å². The van der Waals surface area contributed by atoms with Gasteiger partial charge in [0.15, 0.2) is 0 Å². The first kappa shape index (κ1) is 15.2. The predicted octanol–water partition coefficient (Wildman–Crippen LogP) is 1.23. The number of benzene rings is 1. The van der Waals surface area contributed by atoms with Gasteiger partial charge in [0.1, 0.15) is 5.76 Å². The lowest BCUT2D eigenvalue weighted by atomic mass is 10.2. The zero-order valence-corrected chi connectivity index (χ0v) is 11.4. The van der Waals surface area contributed by atoms with Gasteiger partial charge in [-0.3, -0.25) is 19.7 Å².